The molecule has 0 unspecified atom stereocenters. The van der Waals surface area contributed by atoms with Gasteiger partial charge in [0.1, 0.15) is 5.75 Å². The second-order valence-corrected chi connectivity index (χ2v) is 14.7. The topological polar surface area (TPSA) is 95.9 Å². The number of hydrogen-bond acceptors (Lipinski definition) is 6. The molecule has 3 aliphatic rings. The van der Waals surface area contributed by atoms with Crippen molar-refractivity contribution in [1.29, 1.82) is 0 Å². The van der Waals surface area contributed by atoms with Crippen LogP contribution in [0.2, 0.25) is 5.02 Å². The zero-order valence-corrected chi connectivity index (χ0v) is 25.8. The highest BCUT2D eigenvalue weighted by Gasteiger charge is 2.44. The Morgan fingerprint density at radius 3 is 2.71 bits per heavy atom. The monoisotopic (exact) mass is 612 g/mol. The number of anilines is 1. The molecule has 1 saturated carbocycles. The second-order valence-electron chi connectivity index (χ2n) is 12.2. The van der Waals surface area contributed by atoms with Gasteiger partial charge in [-0.05, 0) is 105 Å². The number of carbonyl (C=O) groups excluding carboxylic acids is 1. The minimum absolute atomic E-state index is 0.173. The van der Waals surface area contributed by atoms with E-state index < -0.39 is 27.3 Å². The summed E-state index contributed by atoms with van der Waals surface area (Å²) >= 11 is 6.38. The van der Waals surface area contributed by atoms with E-state index >= 15 is 0 Å². The lowest BCUT2D eigenvalue weighted by molar-refractivity contribution is 0.0178. The van der Waals surface area contributed by atoms with E-state index in [4.69, 9.17) is 16.3 Å². The van der Waals surface area contributed by atoms with Crippen molar-refractivity contribution in [3.63, 3.8) is 0 Å². The fourth-order valence-corrected chi connectivity index (χ4v) is 8.02. The molecule has 1 spiro atoms. The first-order valence-electron chi connectivity index (χ1n) is 14.8. The first kappa shape index (κ1) is 30.6. The van der Waals surface area contributed by atoms with E-state index in [2.05, 4.69) is 34.9 Å². The highest BCUT2D eigenvalue weighted by atomic mass is 35.5. The van der Waals surface area contributed by atoms with E-state index in [0.29, 0.717) is 31.9 Å². The van der Waals surface area contributed by atoms with Crippen LogP contribution < -0.4 is 14.4 Å². The number of nitrogens with zero attached hydrogens (tertiary/aromatic N) is 1. The van der Waals surface area contributed by atoms with Gasteiger partial charge < -0.3 is 14.7 Å². The van der Waals surface area contributed by atoms with Crippen molar-refractivity contribution in [2.24, 2.45) is 11.8 Å². The van der Waals surface area contributed by atoms with Crippen molar-refractivity contribution < 1.29 is 23.1 Å². The minimum Gasteiger partial charge on any atom is -0.490 e. The standard InChI is InChI=1S/C33H41ClN2O5S/c1-4-7-22(3)42(39,40)35-32(38)24-11-15-31-29(18-24)36(19-25-10-13-27(25)30(37)8-5-2)20-33(21-41-31)16-6-9-23-17-26(34)12-14-28(23)33/h4-5,11-12,14-15,17-18,22,25,27,30,37H,1-2,6-10,13,16,19-21H2,3H3,(H,35,38)/t22-,25+,27-,30-,33+/m1/s1. The molecule has 0 saturated heterocycles. The smallest absolute Gasteiger partial charge is 0.264 e. The van der Waals surface area contributed by atoms with E-state index in [1.54, 1.807) is 31.2 Å². The molecule has 1 heterocycles. The molecule has 42 heavy (non-hydrogen) atoms. The number of aryl methyl sites for hydroxylation is 1. The van der Waals surface area contributed by atoms with Gasteiger partial charge in [0.25, 0.3) is 5.91 Å². The summed E-state index contributed by atoms with van der Waals surface area (Å²) in [6.45, 7) is 10.8. The van der Waals surface area contributed by atoms with Crippen molar-refractivity contribution in [2.45, 2.75) is 68.6 Å². The molecule has 2 aliphatic carbocycles. The van der Waals surface area contributed by atoms with Crippen LogP contribution in [0.15, 0.2) is 61.7 Å². The van der Waals surface area contributed by atoms with Gasteiger partial charge >= 0.3 is 0 Å². The lowest BCUT2D eigenvalue weighted by Gasteiger charge is -2.45. The lowest BCUT2D eigenvalue weighted by atomic mass is 9.68. The van der Waals surface area contributed by atoms with Crippen LogP contribution in [0.25, 0.3) is 0 Å². The molecule has 0 radical (unpaired) electrons. The van der Waals surface area contributed by atoms with E-state index in [1.807, 2.05) is 6.07 Å². The summed E-state index contributed by atoms with van der Waals surface area (Å²) < 4.78 is 34.2. The number of ether oxygens (including phenoxy) is 1. The molecular weight excluding hydrogens is 572 g/mol. The van der Waals surface area contributed by atoms with Gasteiger partial charge in [-0.1, -0.05) is 29.8 Å². The van der Waals surface area contributed by atoms with Crippen molar-refractivity contribution in [3.05, 3.63) is 83.4 Å². The number of halogens is 1. The predicted molar refractivity (Wildman–Crippen MR) is 168 cm³/mol. The maximum Gasteiger partial charge on any atom is 0.264 e. The van der Waals surface area contributed by atoms with E-state index in [-0.39, 0.29) is 29.2 Å². The Morgan fingerprint density at radius 1 is 1.21 bits per heavy atom. The SMILES string of the molecule is C=CC[C@@H](O)[C@@H]1CC[C@H]1CN1C[C@@]2(CCCc3cc(Cl)ccc32)COc2ccc(C(=O)NS(=O)(=O)[C@H](C)CC=C)cc21. The summed E-state index contributed by atoms with van der Waals surface area (Å²) in [5.41, 5.74) is 3.22. The van der Waals surface area contributed by atoms with Crippen LogP contribution in [-0.4, -0.2) is 50.5 Å². The zero-order chi connectivity index (χ0) is 30.1. The molecule has 9 heteroatoms. The molecule has 0 aromatic heterocycles. The van der Waals surface area contributed by atoms with Gasteiger partial charge in [-0.2, -0.15) is 0 Å². The molecular formula is C33H41ClN2O5S. The predicted octanol–water partition coefficient (Wildman–Crippen LogP) is 5.80. The summed E-state index contributed by atoms with van der Waals surface area (Å²) in [7, 11) is -3.87. The van der Waals surface area contributed by atoms with Gasteiger partial charge in [-0.15, -0.1) is 13.2 Å². The summed E-state index contributed by atoms with van der Waals surface area (Å²) in [5.74, 6) is 0.434. The normalized spacial score (nSPS) is 24.7. The number of fused-ring (bicyclic) bond motifs is 3. The van der Waals surface area contributed by atoms with Crippen LogP contribution in [0, 0.1) is 11.8 Å². The molecule has 5 atom stereocenters. The Labute approximate surface area is 254 Å². The van der Waals surface area contributed by atoms with Crippen LogP contribution in [0.5, 0.6) is 5.75 Å². The fraction of sp³-hybridized carbons (Fsp3) is 0.485. The molecule has 2 aromatic carbocycles. The molecule has 5 rings (SSSR count). The summed E-state index contributed by atoms with van der Waals surface area (Å²) in [6.07, 6.45) is 8.55. The van der Waals surface area contributed by atoms with Crippen LogP contribution >= 0.6 is 11.6 Å². The highest BCUT2D eigenvalue weighted by Crippen LogP contribution is 2.46. The first-order valence-corrected chi connectivity index (χ1v) is 16.8. The molecule has 2 aromatic rings. The fourth-order valence-electron chi connectivity index (χ4n) is 6.86. The number of allylic oxidation sites excluding steroid dienone is 1. The number of hydrogen-bond donors (Lipinski definition) is 2. The third kappa shape index (κ3) is 6.12. The molecule has 0 bridgehead atoms. The van der Waals surface area contributed by atoms with Crippen molar-refractivity contribution in [2.75, 3.05) is 24.6 Å². The number of aliphatic hydroxyl groups excluding tert-OH is 1. The van der Waals surface area contributed by atoms with E-state index in [9.17, 15) is 18.3 Å². The van der Waals surface area contributed by atoms with Crippen molar-refractivity contribution >= 4 is 33.2 Å². The average Bonchev–Trinajstić information content (AvgIpc) is 3.08. The van der Waals surface area contributed by atoms with Crippen LogP contribution in [0.3, 0.4) is 0 Å². The molecule has 7 nitrogen and oxygen atoms in total. The number of benzene rings is 2. The Kier molecular flexibility index (Phi) is 9.07. The van der Waals surface area contributed by atoms with Gasteiger partial charge in [0.05, 0.1) is 23.6 Å². The van der Waals surface area contributed by atoms with Gasteiger partial charge in [0.15, 0.2) is 0 Å². The molecule has 1 amide bonds. The van der Waals surface area contributed by atoms with Crippen molar-refractivity contribution in [3.8, 4) is 5.75 Å². The number of sulfonamides is 1. The van der Waals surface area contributed by atoms with E-state index in [1.165, 1.54) is 17.2 Å². The maximum absolute atomic E-state index is 13.2. The third-order valence-electron chi connectivity index (χ3n) is 9.40. The Balaban J connectivity index is 1.50. The second kappa shape index (κ2) is 12.4. The van der Waals surface area contributed by atoms with Crippen LogP contribution in [-0.2, 0) is 21.9 Å². The molecule has 226 valence electrons. The largest absolute Gasteiger partial charge is 0.490 e. The number of nitrogens with one attached hydrogen (secondary N) is 1. The number of rotatable bonds is 10. The molecule has 2 N–H and O–H groups in total. The molecule has 1 fully saturated rings. The van der Waals surface area contributed by atoms with Crippen LogP contribution in [0.4, 0.5) is 5.69 Å². The lowest BCUT2D eigenvalue weighted by Crippen LogP contribution is -2.49. The first-order chi connectivity index (χ1) is 20.1. The van der Waals surface area contributed by atoms with E-state index in [0.717, 1.165) is 42.8 Å². The van der Waals surface area contributed by atoms with Gasteiger partial charge in [-0.3, -0.25) is 4.79 Å². The maximum atomic E-state index is 13.2. The number of aliphatic hydroxyl groups is 1. The average molecular weight is 613 g/mol. The number of amides is 1. The Morgan fingerprint density at radius 2 is 2.00 bits per heavy atom. The van der Waals surface area contributed by atoms with Crippen LogP contribution in [0.1, 0.15) is 66.9 Å². The number of carbonyl (C=O) groups is 1. The summed E-state index contributed by atoms with van der Waals surface area (Å²) in [5, 5.41) is 10.7. The van der Waals surface area contributed by atoms with Gasteiger partial charge in [-0.25, -0.2) is 13.1 Å². The highest BCUT2D eigenvalue weighted by molar-refractivity contribution is 7.90. The van der Waals surface area contributed by atoms with Gasteiger partial charge in [0, 0.05) is 29.1 Å². The van der Waals surface area contributed by atoms with Crippen molar-refractivity contribution in [1.82, 2.24) is 4.72 Å². The zero-order valence-electron chi connectivity index (χ0n) is 24.2. The quantitative estimate of drug-likeness (QED) is 0.329. The molecule has 1 aliphatic heterocycles. The summed E-state index contributed by atoms with van der Waals surface area (Å²) in [4.78, 5) is 15.5. The summed E-state index contributed by atoms with van der Waals surface area (Å²) in [6, 6.07) is 11.3. The third-order valence-corrected chi connectivity index (χ3v) is 11.4. The minimum atomic E-state index is -3.87. The Bertz CT molecular complexity index is 1460. The van der Waals surface area contributed by atoms with Gasteiger partial charge in [0.2, 0.25) is 10.0 Å². The Hall–Kier alpha value is -2.81.